The van der Waals surface area contributed by atoms with Crippen molar-refractivity contribution in [3.63, 3.8) is 0 Å². The first-order valence-corrected chi connectivity index (χ1v) is 9.94. The summed E-state index contributed by atoms with van der Waals surface area (Å²) in [6.45, 7) is -0.134. The van der Waals surface area contributed by atoms with Gasteiger partial charge < -0.3 is 14.8 Å². The lowest BCUT2D eigenvalue weighted by atomic mass is 10.1. The van der Waals surface area contributed by atoms with E-state index in [0.29, 0.717) is 5.75 Å². The molecule has 1 amide bonds. The lowest BCUT2D eigenvalue weighted by Gasteiger charge is -2.16. The maximum atomic E-state index is 12.3. The lowest BCUT2D eigenvalue weighted by molar-refractivity contribution is -0.141. The van der Waals surface area contributed by atoms with Crippen molar-refractivity contribution >= 4 is 49.9 Å². The van der Waals surface area contributed by atoms with Gasteiger partial charge in [-0.05, 0) is 46.5 Å². The van der Waals surface area contributed by atoms with E-state index in [-0.39, 0.29) is 24.9 Å². The molecule has 0 aliphatic rings. The van der Waals surface area contributed by atoms with Crippen LogP contribution in [-0.2, 0) is 14.3 Å². The minimum atomic E-state index is -0.428. The molecule has 27 heavy (non-hydrogen) atoms. The van der Waals surface area contributed by atoms with Gasteiger partial charge in [0.2, 0.25) is 0 Å². The Morgan fingerprint density at radius 3 is 2.67 bits per heavy atom. The highest BCUT2D eigenvalue weighted by molar-refractivity contribution is 9.10. The average Bonchev–Trinajstić information content (AvgIpc) is 3.20. The van der Waals surface area contributed by atoms with Crippen LogP contribution in [0, 0.1) is 0 Å². The molecular formula is C20H18BrNO4S. The Labute approximate surface area is 169 Å². The number of nitrogens with one attached hydrogen (secondary N) is 1. The smallest absolute Gasteiger partial charge is 0.307 e. The van der Waals surface area contributed by atoms with Crippen LogP contribution in [0.2, 0.25) is 0 Å². The van der Waals surface area contributed by atoms with Crippen LogP contribution in [0.5, 0.6) is 5.75 Å². The largest absolute Gasteiger partial charge is 0.484 e. The molecule has 3 rings (SSSR count). The van der Waals surface area contributed by atoms with Crippen LogP contribution in [0.25, 0.3) is 10.8 Å². The molecule has 1 N–H and O–H groups in total. The normalized spacial score (nSPS) is 11.8. The summed E-state index contributed by atoms with van der Waals surface area (Å²) in [6, 6.07) is 14.9. The number of fused-ring (bicyclic) bond motifs is 1. The zero-order chi connectivity index (χ0) is 19.2. The summed E-state index contributed by atoms with van der Waals surface area (Å²) in [5.41, 5.74) is 0. The maximum absolute atomic E-state index is 12.3. The fraction of sp³-hybridized carbons (Fsp3) is 0.200. The Kier molecular flexibility index (Phi) is 6.47. The highest BCUT2D eigenvalue weighted by Gasteiger charge is 2.20. The molecule has 2 aromatic carbocycles. The molecule has 3 aromatic rings. The van der Waals surface area contributed by atoms with Crippen LogP contribution in [0.4, 0.5) is 0 Å². The van der Waals surface area contributed by atoms with Gasteiger partial charge in [0.15, 0.2) is 6.61 Å². The molecule has 7 heteroatoms. The summed E-state index contributed by atoms with van der Waals surface area (Å²) in [6.07, 6.45) is 0.0770. The number of thiophene rings is 1. The molecule has 0 aliphatic heterocycles. The first-order chi connectivity index (χ1) is 13.0. The fourth-order valence-electron chi connectivity index (χ4n) is 2.63. The first-order valence-electron chi connectivity index (χ1n) is 8.27. The van der Waals surface area contributed by atoms with Crippen molar-refractivity contribution in [2.24, 2.45) is 0 Å². The molecule has 0 aliphatic carbocycles. The van der Waals surface area contributed by atoms with Gasteiger partial charge in [-0.3, -0.25) is 9.59 Å². The predicted octanol–water partition coefficient (Wildman–Crippen LogP) is 4.46. The third kappa shape index (κ3) is 5.30. The fourth-order valence-corrected chi connectivity index (χ4v) is 3.79. The Morgan fingerprint density at radius 2 is 1.93 bits per heavy atom. The molecule has 0 saturated heterocycles. The van der Waals surface area contributed by atoms with Gasteiger partial charge in [0.05, 0.1) is 19.6 Å². The minimum Gasteiger partial charge on any atom is -0.484 e. The van der Waals surface area contributed by atoms with Crippen LogP contribution in [0.15, 0.2) is 58.4 Å². The molecule has 5 nitrogen and oxygen atoms in total. The van der Waals surface area contributed by atoms with Gasteiger partial charge in [-0.25, -0.2) is 0 Å². The maximum Gasteiger partial charge on any atom is 0.307 e. The van der Waals surface area contributed by atoms with E-state index in [9.17, 15) is 9.59 Å². The van der Waals surface area contributed by atoms with Gasteiger partial charge in [0, 0.05) is 9.35 Å². The van der Waals surface area contributed by atoms with Gasteiger partial charge in [-0.15, -0.1) is 11.3 Å². The summed E-state index contributed by atoms with van der Waals surface area (Å²) in [4.78, 5) is 24.8. The van der Waals surface area contributed by atoms with Crippen molar-refractivity contribution in [1.82, 2.24) is 5.32 Å². The number of halogens is 1. The highest BCUT2D eigenvalue weighted by Crippen LogP contribution is 2.25. The minimum absolute atomic E-state index is 0.0770. The van der Waals surface area contributed by atoms with E-state index in [1.54, 1.807) is 0 Å². The third-order valence-corrected chi connectivity index (χ3v) is 5.44. The van der Waals surface area contributed by atoms with Crippen molar-refractivity contribution < 1.29 is 19.1 Å². The SMILES string of the molecule is COC(=O)CC(NC(=O)COc1ccc2cc(Br)ccc2c1)c1cccs1. The van der Waals surface area contributed by atoms with Crippen molar-refractivity contribution in [3.05, 3.63) is 63.3 Å². The number of esters is 1. The highest BCUT2D eigenvalue weighted by atomic mass is 79.9. The second-order valence-corrected chi connectivity index (χ2v) is 7.75. The summed E-state index contributed by atoms with van der Waals surface area (Å²) in [5.74, 6) is -0.0656. The molecule has 0 radical (unpaired) electrons. The van der Waals surface area contributed by atoms with Gasteiger partial charge in [-0.2, -0.15) is 0 Å². The number of amides is 1. The predicted molar refractivity (Wildman–Crippen MR) is 109 cm³/mol. The van der Waals surface area contributed by atoms with E-state index in [1.807, 2.05) is 53.9 Å². The number of ether oxygens (including phenoxy) is 2. The molecule has 1 atom stereocenters. The van der Waals surface area contributed by atoms with Gasteiger partial charge in [-0.1, -0.05) is 34.1 Å². The summed E-state index contributed by atoms with van der Waals surface area (Å²) in [7, 11) is 1.33. The number of benzene rings is 2. The molecule has 0 bridgehead atoms. The van der Waals surface area contributed by atoms with E-state index >= 15 is 0 Å². The Balaban J connectivity index is 1.62. The zero-order valence-electron chi connectivity index (χ0n) is 14.6. The Hall–Kier alpha value is -2.38. The third-order valence-electron chi connectivity index (χ3n) is 3.96. The Bertz CT molecular complexity index is 942. The van der Waals surface area contributed by atoms with Crippen molar-refractivity contribution in [2.75, 3.05) is 13.7 Å². The second kappa shape index (κ2) is 9.01. The van der Waals surface area contributed by atoms with E-state index < -0.39 is 6.04 Å². The van der Waals surface area contributed by atoms with E-state index in [0.717, 1.165) is 20.1 Å². The van der Waals surface area contributed by atoms with Crippen LogP contribution in [0.1, 0.15) is 17.3 Å². The summed E-state index contributed by atoms with van der Waals surface area (Å²) in [5, 5.41) is 6.84. The second-order valence-electron chi connectivity index (χ2n) is 5.86. The number of hydrogen-bond acceptors (Lipinski definition) is 5. The van der Waals surface area contributed by atoms with Crippen molar-refractivity contribution in [2.45, 2.75) is 12.5 Å². The van der Waals surface area contributed by atoms with Gasteiger partial charge >= 0.3 is 5.97 Å². The molecule has 0 spiro atoms. The quantitative estimate of drug-likeness (QED) is 0.542. The molecule has 1 aromatic heterocycles. The number of hydrogen-bond donors (Lipinski definition) is 1. The van der Waals surface area contributed by atoms with Crippen LogP contribution in [0.3, 0.4) is 0 Å². The summed E-state index contributed by atoms with van der Waals surface area (Å²) >= 11 is 4.92. The lowest BCUT2D eigenvalue weighted by Crippen LogP contribution is -2.33. The molecular weight excluding hydrogens is 430 g/mol. The van der Waals surface area contributed by atoms with Gasteiger partial charge in [0.25, 0.3) is 5.91 Å². The van der Waals surface area contributed by atoms with Gasteiger partial charge in [0.1, 0.15) is 5.75 Å². The van der Waals surface area contributed by atoms with Crippen molar-refractivity contribution in [1.29, 1.82) is 0 Å². The number of carbonyl (C=O) groups is 2. The van der Waals surface area contributed by atoms with E-state index in [2.05, 4.69) is 21.2 Å². The van der Waals surface area contributed by atoms with Crippen LogP contribution < -0.4 is 10.1 Å². The van der Waals surface area contributed by atoms with Crippen LogP contribution in [-0.4, -0.2) is 25.6 Å². The molecule has 140 valence electrons. The standard InChI is InChI=1S/C20H18BrNO4S/c1-25-20(24)11-17(18-3-2-8-27-18)22-19(23)12-26-16-7-5-13-9-15(21)6-4-14(13)10-16/h2-10,17H,11-12H2,1H3,(H,22,23). The average molecular weight is 448 g/mol. The Morgan fingerprint density at radius 1 is 1.15 bits per heavy atom. The number of carbonyl (C=O) groups excluding carboxylic acids is 2. The number of methoxy groups -OCH3 is 1. The number of rotatable bonds is 7. The van der Waals surface area contributed by atoms with E-state index in [4.69, 9.17) is 9.47 Å². The molecule has 0 saturated carbocycles. The van der Waals surface area contributed by atoms with Crippen LogP contribution >= 0.6 is 27.3 Å². The molecule has 0 fully saturated rings. The summed E-state index contributed by atoms with van der Waals surface area (Å²) < 4.78 is 11.3. The topological polar surface area (TPSA) is 64.6 Å². The van der Waals surface area contributed by atoms with E-state index in [1.165, 1.54) is 18.4 Å². The zero-order valence-corrected chi connectivity index (χ0v) is 17.0. The molecule has 1 unspecified atom stereocenters. The first kappa shape index (κ1) is 19.4. The van der Waals surface area contributed by atoms with Crippen molar-refractivity contribution in [3.8, 4) is 5.75 Å². The molecule has 1 heterocycles. The monoisotopic (exact) mass is 447 g/mol.